The van der Waals surface area contributed by atoms with Gasteiger partial charge in [0, 0.05) is 30.4 Å². The van der Waals surface area contributed by atoms with E-state index in [0.29, 0.717) is 5.56 Å². The number of carbonyl (C=O) groups is 1. The number of carbonyl (C=O) groups excluding carboxylic acids is 1. The molecular formula is C16H15NO2. The quantitative estimate of drug-likeness (QED) is 0.578. The first-order valence-electron chi connectivity index (χ1n) is 6.62. The normalized spacial score (nSPS) is 15.1. The van der Waals surface area contributed by atoms with Crippen molar-refractivity contribution in [2.45, 2.75) is 19.3 Å². The third kappa shape index (κ3) is 2.48. The maximum Gasteiger partial charge on any atom is 0.241 e. The Labute approximate surface area is 112 Å². The largest absolute Gasteiger partial charge is 0.464 e. The number of hydrogen-bond donors (Lipinski definition) is 0. The van der Waals surface area contributed by atoms with Crippen molar-refractivity contribution in [2.24, 2.45) is 0 Å². The van der Waals surface area contributed by atoms with E-state index >= 15 is 0 Å². The molecule has 0 atom stereocenters. The van der Waals surface area contributed by atoms with E-state index in [-0.39, 0.29) is 5.78 Å². The van der Waals surface area contributed by atoms with E-state index in [0.717, 1.165) is 36.9 Å². The second-order valence-corrected chi connectivity index (χ2v) is 4.76. The van der Waals surface area contributed by atoms with Crippen LogP contribution in [0.15, 0.2) is 34.9 Å². The van der Waals surface area contributed by atoms with Gasteiger partial charge in [0.2, 0.25) is 5.78 Å². The van der Waals surface area contributed by atoms with Crippen molar-refractivity contribution in [1.29, 1.82) is 0 Å². The van der Waals surface area contributed by atoms with Gasteiger partial charge in [-0.15, -0.1) is 0 Å². The molecule has 1 aliphatic heterocycles. The number of benzene rings is 1. The lowest BCUT2D eigenvalue weighted by atomic mass is 10.1. The fraction of sp³-hybridized carbons (Fsp3) is 0.312. The first-order chi connectivity index (χ1) is 9.34. The highest BCUT2D eigenvalue weighted by atomic mass is 16.3. The average Bonchev–Trinajstić information content (AvgIpc) is 2.90. The fourth-order valence-electron chi connectivity index (χ4n) is 2.36. The van der Waals surface area contributed by atoms with E-state index in [4.69, 9.17) is 4.42 Å². The van der Waals surface area contributed by atoms with Crippen molar-refractivity contribution in [3.63, 3.8) is 0 Å². The number of piperidine rings is 1. The van der Waals surface area contributed by atoms with Crippen LogP contribution in [0.25, 0.3) is 11.0 Å². The number of rotatable bonds is 1. The Morgan fingerprint density at radius 2 is 1.95 bits per heavy atom. The number of para-hydroxylation sites is 1. The van der Waals surface area contributed by atoms with Crippen molar-refractivity contribution in [2.75, 3.05) is 13.1 Å². The highest BCUT2D eigenvalue weighted by Crippen LogP contribution is 2.20. The third-order valence-corrected chi connectivity index (χ3v) is 3.41. The number of ketones is 1. The molecule has 1 saturated heterocycles. The van der Waals surface area contributed by atoms with E-state index in [1.807, 2.05) is 29.2 Å². The predicted molar refractivity (Wildman–Crippen MR) is 73.7 cm³/mol. The smallest absolute Gasteiger partial charge is 0.241 e. The van der Waals surface area contributed by atoms with E-state index < -0.39 is 0 Å². The topological polar surface area (TPSA) is 33.5 Å². The van der Waals surface area contributed by atoms with Crippen LogP contribution in [0.2, 0.25) is 0 Å². The van der Waals surface area contributed by atoms with Crippen LogP contribution in [-0.4, -0.2) is 23.8 Å². The zero-order valence-electron chi connectivity index (χ0n) is 10.7. The number of fused-ring (bicyclic) bond motifs is 1. The van der Waals surface area contributed by atoms with Crippen LogP contribution in [0.3, 0.4) is 0 Å². The SMILES string of the molecule is O=C(C#CN1CCCCC1)c1coc2ccccc12. The van der Waals surface area contributed by atoms with Crippen LogP contribution >= 0.6 is 0 Å². The number of Topliss-reactive ketones (excluding diaryl/α,β-unsaturated/α-hetero) is 1. The minimum atomic E-state index is -0.171. The van der Waals surface area contributed by atoms with Gasteiger partial charge in [0.15, 0.2) is 0 Å². The van der Waals surface area contributed by atoms with Crippen molar-refractivity contribution < 1.29 is 9.21 Å². The van der Waals surface area contributed by atoms with Gasteiger partial charge in [0.05, 0.1) is 5.56 Å². The summed E-state index contributed by atoms with van der Waals surface area (Å²) in [6.45, 7) is 1.93. The number of furan rings is 1. The highest BCUT2D eigenvalue weighted by Gasteiger charge is 2.12. The molecule has 0 radical (unpaired) electrons. The van der Waals surface area contributed by atoms with Crippen LogP contribution in [0.4, 0.5) is 0 Å². The standard InChI is InChI=1S/C16H15NO2/c18-15(8-11-17-9-4-1-5-10-17)14-12-19-16-7-3-2-6-13(14)16/h2-3,6-7,12H,1,4-5,9-10H2. The Kier molecular flexibility index (Phi) is 3.24. The summed E-state index contributed by atoms with van der Waals surface area (Å²) in [5.41, 5.74) is 1.28. The molecule has 0 bridgehead atoms. The lowest BCUT2D eigenvalue weighted by Gasteiger charge is -2.21. The van der Waals surface area contributed by atoms with Gasteiger partial charge in [-0.05, 0) is 25.3 Å². The Bertz CT molecular complexity index is 654. The average molecular weight is 253 g/mol. The van der Waals surface area contributed by atoms with E-state index in [1.54, 1.807) is 0 Å². The summed E-state index contributed by atoms with van der Waals surface area (Å²) in [7, 11) is 0. The minimum Gasteiger partial charge on any atom is -0.464 e. The molecule has 0 spiro atoms. The molecule has 1 aromatic heterocycles. The lowest BCUT2D eigenvalue weighted by molar-refractivity contribution is 0.105. The van der Waals surface area contributed by atoms with Gasteiger partial charge in [0.25, 0.3) is 0 Å². The molecule has 0 amide bonds. The monoisotopic (exact) mass is 253 g/mol. The van der Waals surface area contributed by atoms with Gasteiger partial charge >= 0.3 is 0 Å². The zero-order valence-corrected chi connectivity index (χ0v) is 10.7. The molecule has 0 aliphatic carbocycles. The van der Waals surface area contributed by atoms with Gasteiger partial charge in [-0.25, -0.2) is 0 Å². The van der Waals surface area contributed by atoms with Crippen molar-refractivity contribution in [3.8, 4) is 12.0 Å². The summed E-state index contributed by atoms with van der Waals surface area (Å²) >= 11 is 0. The number of nitrogens with zero attached hydrogens (tertiary/aromatic N) is 1. The summed E-state index contributed by atoms with van der Waals surface area (Å²) in [5.74, 6) is 2.55. The molecule has 1 fully saturated rings. The molecule has 0 saturated carbocycles. The molecule has 3 rings (SSSR count). The van der Waals surface area contributed by atoms with Gasteiger partial charge in [-0.1, -0.05) is 18.2 Å². The Morgan fingerprint density at radius 3 is 2.79 bits per heavy atom. The molecule has 2 heterocycles. The van der Waals surface area contributed by atoms with Crippen LogP contribution in [0, 0.1) is 12.0 Å². The Hall–Kier alpha value is -2.21. The molecule has 96 valence electrons. The van der Waals surface area contributed by atoms with Gasteiger partial charge in [-0.2, -0.15) is 0 Å². The van der Waals surface area contributed by atoms with Crippen molar-refractivity contribution in [3.05, 3.63) is 36.1 Å². The number of likely N-dealkylation sites (tertiary alicyclic amines) is 1. The van der Waals surface area contributed by atoms with Crippen molar-refractivity contribution >= 4 is 16.8 Å². The summed E-state index contributed by atoms with van der Waals surface area (Å²) in [4.78, 5) is 14.1. The maximum atomic E-state index is 12.1. The predicted octanol–water partition coefficient (Wildman–Crippen LogP) is 3.06. The fourth-order valence-corrected chi connectivity index (χ4v) is 2.36. The molecule has 0 unspecified atom stereocenters. The van der Waals surface area contributed by atoms with Crippen LogP contribution in [-0.2, 0) is 0 Å². The molecule has 0 N–H and O–H groups in total. The van der Waals surface area contributed by atoms with Gasteiger partial charge in [0.1, 0.15) is 11.8 Å². The first kappa shape index (κ1) is 11.9. The van der Waals surface area contributed by atoms with Crippen LogP contribution in [0.1, 0.15) is 29.6 Å². The molecule has 2 aromatic rings. The molecule has 3 nitrogen and oxygen atoms in total. The second-order valence-electron chi connectivity index (χ2n) is 4.76. The summed E-state index contributed by atoms with van der Waals surface area (Å²) < 4.78 is 5.36. The number of hydrogen-bond acceptors (Lipinski definition) is 3. The molecular weight excluding hydrogens is 238 g/mol. The van der Waals surface area contributed by atoms with Crippen molar-refractivity contribution in [1.82, 2.24) is 4.90 Å². The van der Waals surface area contributed by atoms with Crippen LogP contribution < -0.4 is 0 Å². The van der Waals surface area contributed by atoms with E-state index in [1.165, 1.54) is 12.7 Å². The minimum absolute atomic E-state index is 0.171. The van der Waals surface area contributed by atoms with E-state index in [9.17, 15) is 4.79 Å². The van der Waals surface area contributed by atoms with Gasteiger partial charge in [-0.3, -0.25) is 4.79 Å². The Balaban J connectivity index is 1.82. The first-order valence-corrected chi connectivity index (χ1v) is 6.62. The third-order valence-electron chi connectivity index (χ3n) is 3.41. The molecule has 1 aromatic carbocycles. The molecule has 1 aliphatic rings. The second kappa shape index (κ2) is 5.19. The van der Waals surface area contributed by atoms with E-state index in [2.05, 4.69) is 12.0 Å². The van der Waals surface area contributed by atoms with Gasteiger partial charge < -0.3 is 9.32 Å². The molecule has 3 heteroatoms. The highest BCUT2D eigenvalue weighted by molar-refractivity contribution is 6.15. The summed E-state index contributed by atoms with van der Waals surface area (Å²) in [5, 5.41) is 0.834. The maximum absolute atomic E-state index is 12.1. The molecule has 19 heavy (non-hydrogen) atoms. The Morgan fingerprint density at radius 1 is 1.16 bits per heavy atom. The zero-order chi connectivity index (χ0) is 13.1. The summed E-state index contributed by atoms with van der Waals surface area (Å²) in [6.07, 6.45) is 5.09. The summed E-state index contributed by atoms with van der Waals surface area (Å²) in [6, 6.07) is 10.5. The lowest BCUT2D eigenvalue weighted by Crippen LogP contribution is -2.24. The van der Waals surface area contributed by atoms with Crippen LogP contribution in [0.5, 0.6) is 0 Å².